The van der Waals surface area contributed by atoms with Crippen LogP contribution in [0.4, 0.5) is 0 Å². The first-order valence-electron chi connectivity index (χ1n) is 8.53. The maximum atomic E-state index is 12.8. The summed E-state index contributed by atoms with van der Waals surface area (Å²) in [5.74, 6) is 1.59. The fourth-order valence-corrected chi connectivity index (χ4v) is 3.94. The number of nitrogens with zero attached hydrogens (tertiary/aromatic N) is 5. The van der Waals surface area contributed by atoms with Crippen LogP contribution in [0.2, 0.25) is 0 Å². The van der Waals surface area contributed by atoms with Gasteiger partial charge in [0.25, 0.3) is 0 Å². The third kappa shape index (κ3) is 2.58. The molecule has 2 aliphatic rings. The number of hydrogen-bond acceptors (Lipinski definition) is 5. The maximum absolute atomic E-state index is 12.8. The molecule has 24 heavy (non-hydrogen) atoms. The minimum absolute atomic E-state index is 0.0496. The topological polar surface area (TPSA) is 89.9 Å². The van der Waals surface area contributed by atoms with Gasteiger partial charge in [-0.1, -0.05) is 30.3 Å². The van der Waals surface area contributed by atoms with Gasteiger partial charge >= 0.3 is 0 Å². The monoisotopic (exact) mass is 326 g/mol. The third-order valence-corrected chi connectivity index (χ3v) is 5.39. The molecule has 7 heteroatoms. The average molecular weight is 326 g/mol. The van der Waals surface area contributed by atoms with E-state index in [1.165, 1.54) is 4.80 Å². The first-order chi connectivity index (χ1) is 11.6. The highest BCUT2D eigenvalue weighted by atomic mass is 16.2. The molecule has 1 aromatic heterocycles. The zero-order valence-corrected chi connectivity index (χ0v) is 13.7. The van der Waals surface area contributed by atoms with Crippen LogP contribution in [0.5, 0.6) is 0 Å². The lowest BCUT2D eigenvalue weighted by Crippen LogP contribution is -2.37. The van der Waals surface area contributed by atoms with Crippen LogP contribution in [0.15, 0.2) is 30.3 Å². The second-order valence-corrected chi connectivity index (χ2v) is 6.88. The van der Waals surface area contributed by atoms with Crippen LogP contribution >= 0.6 is 0 Å². The Hall–Kier alpha value is -2.28. The molecule has 126 valence electrons. The number of amides is 1. The van der Waals surface area contributed by atoms with E-state index in [1.807, 2.05) is 42.2 Å². The Morgan fingerprint density at radius 2 is 2.04 bits per heavy atom. The molecule has 0 bridgehead atoms. The van der Waals surface area contributed by atoms with E-state index in [4.69, 9.17) is 5.73 Å². The normalized spacial score (nSPS) is 27.2. The van der Waals surface area contributed by atoms with Gasteiger partial charge in [0.2, 0.25) is 11.7 Å². The van der Waals surface area contributed by atoms with Gasteiger partial charge in [0, 0.05) is 24.7 Å². The Morgan fingerprint density at radius 3 is 2.79 bits per heavy atom. The molecule has 4 atom stereocenters. The van der Waals surface area contributed by atoms with Gasteiger partial charge < -0.3 is 10.6 Å². The molecule has 2 aromatic rings. The largest absolute Gasteiger partial charge is 0.340 e. The van der Waals surface area contributed by atoms with Gasteiger partial charge in [-0.3, -0.25) is 4.79 Å². The Labute approximate surface area is 140 Å². The van der Waals surface area contributed by atoms with Crippen molar-refractivity contribution in [3.63, 3.8) is 0 Å². The van der Waals surface area contributed by atoms with Crippen molar-refractivity contribution >= 4 is 5.91 Å². The fraction of sp³-hybridized carbons (Fsp3) is 0.529. The number of likely N-dealkylation sites (tertiary alicyclic amines) is 1. The third-order valence-electron chi connectivity index (χ3n) is 5.39. The van der Waals surface area contributed by atoms with Gasteiger partial charge in [-0.15, -0.1) is 10.2 Å². The second-order valence-electron chi connectivity index (χ2n) is 6.88. The number of carbonyl (C=O) groups is 1. The van der Waals surface area contributed by atoms with E-state index >= 15 is 0 Å². The van der Waals surface area contributed by atoms with Crippen molar-refractivity contribution in [2.24, 2.45) is 17.6 Å². The van der Waals surface area contributed by atoms with Crippen molar-refractivity contribution in [1.82, 2.24) is 25.1 Å². The molecule has 2 N–H and O–H groups in total. The summed E-state index contributed by atoms with van der Waals surface area (Å²) in [5, 5.41) is 12.5. The van der Waals surface area contributed by atoms with Crippen molar-refractivity contribution in [3.05, 3.63) is 30.3 Å². The molecule has 0 spiro atoms. The van der Waals surface area contributed by atoms with Gasteiger partial charge in [-0.2, -0.15) is 4.80 Å². The van der Waals surface area contributed by atoms with E-state index in [0.29, 0.717) is 17.7 Å². The van der Waals surface area contributed by atoms with Crippen LogP contribution in [-0.2, 0) is 4.79 Å². The van der Waals surface area contributed by atoms with Gasteiger partial charge in [0.1, 0.15) is 6.04 Å². The number of benzene rings is 1. The average Bonchev–Trinajstić information content (AvgIpc) is 3.32. The summed E-state index contributed by atoms with van der Waals surface area (Å²) in [5.41, 5.74) is 7.05. The summed E-state index contributed by atoms with van der Waals surface area (Å²) in [6.45, 7) is 3.39. The highest BCUT2D eigenvalue weighted by molar-refractivity contribution is 5.80. The maximum Gasteiger partial charge on any atom is 0.249 e. The van der Waals surface area contributed by atoms with E-state index in [9.17, 15) is 4.79 Å². The number of fused-ring (bicyclic) bond motifs is 1. The summed E-state index contributed by atoms with van der Waals surface area (Å²) < 4.78 is 0. The van der Waals surface area contributed by atoms with Gasteiger partial charge in [0.05, 0.1) is 0 Å². The van der Waals surface area contributed by atoms with E-state index in [-0.39, 0.29) is 11.9 Å². The SMILES string of the molecule is CC(C(=O)N1CC2CCC(N)C2C1)n1nnc(-c2ccccc2)n1. The Balaban J connectivity index is 1.47. The number of tetrazole rings is 1. The molecule has 2 fully saturated rings. The van der Waals surface area contributed by atoms with Gasteiger partial charge in [-0.05, 0) is 36.8 Å². The number of carbonyl (C=O) groups excluding carboxylic acids is 1. The minimum atomic E-state index is -0.454. The van der Waals surface area contributed by atoms with Gasteiger partial charge in [0.15, 0.2) is 0 Å². The molecule has 1 saturated heterocycles. The molecule has 1 aliphatic heterocycles. The standard InChI is InChI=1S/C17H22N6O/c1-11(17(24)22-9-13-7-8-15(18)14(13)10-22)23-20-16(19-21-23)12-5-3-2-4-6-12/h2-6,11,13-15H,7-10,18H2,1H3. The van der Waals surface area contributed by atoms with Crippen LogP contribution in [0, 0.1) is 11.8 Å². The molecule has 1 aromatic carbocycles. The highest BCUT2D eigenvalue weighted by Crippen LogP contribution is 2.37. The molecule has 0 radical (unpaired) electrons. The van der Waals surface area contributed by atoms with Crippen molar-refractivity contribution in [2.75, 3.05) is 13.1 Å². The molecule has 7 nitrogen and oxygen atoms in total. The highest BCUT2D eigenvalue weighted by Gasteiger charge is 2.43. The Kier molecular flexibility index (Phi) is 3.80. The lowest BCUT2D eigenvalue weighted by molar-refractivity contribution is -0.134. The summed E-state index contributed by atoms with van der Waals surface area (Å²) in [4.78, 5) is 16.1. The number of hydrogen-bond donors (Lipinski definition) is 1. The van der Waals surface area contributed by atoms with Crippen LogP contribution in [0.25, 0.3) is 11.4 Å². The van der Waals surface area contributed by atoms with E-state index in [2.05, 4.69) is 15.4 Å². The van der Waals surface area contributed by atoms with Crippen molar-refractivity contribution < 1.29 is 4.79 Å². The van der Waals surface area contributed by atoms with E-state index < -0.39 is 6.04 Å². The molecule has 4 unspecified atom stereocenters. The molecule has 1 amide bonds. The zero-order chi connectivity index (χ0) is 16.7. The first kappa shape index (κ1) is 15.3. The predicted octanol–water partition coefficient (Wildman–Crippen LogP) is 1.10. The molecule has 4 rings (SSSR count). The predicted molar refractivity (Wildman–Crippen MR) is 88.7 cm³/mol. The van der Waals surface area contributed by atoms with Crippen LogP contribution < -0.4 is 5.73 Å². The van der Waals surface area contributed by atoms with E-state index in [1.54, 1.807) is 0 Å². The lowest BCUT2D eigenvalue weighted by Gasteiger charge is -2.21. The van der Waals surface area contributed by atoms with Crippen molar-refractivity contribution in [3.8, 4) is 11.4 Å². The van der Waals surface area contributed by atoms with Crippen molar-refractivity contribution in [2.45, 2.75) is 31.8 Å². The summed E-state index contributed by atoms with van der Waals surface area (Å²) in [6, 6.07) is 9.43. The molecule has 1 saturated carbocycles. The molecule has 1 aliphatic carbocycles. The quantitative estimate of drug-likeness (QED) is 0.912. The fourth-order valence-electron chi connectivity index (χ4n) is 3.94. The Morgan fingerprint density at radius 1 is 1.25 bits per heavy atom. The molecular formula is C17H22N6O. The summed E-state index contributed by atoms with van der Waals surface area (Å²) in [6.07, 6.45) is 2.21. The van der Waals surface area contributed by atoms with Crippen LogP contribution in [0.1, 0.15) is 25.8 Å². The lowest BCUT2D eigenvalue weighted by atomic mass is 9.98. The van der Waals surface area contributed by atoms with Crippen LogP contribution in [0.3, 0.4) is 0 Å². The van der Waals surface area contributed by atoms with Crippen molar-refractivity contribution in [1.29, 1.82) is 0 Å². The zero-order valence-electron chi connectivity index (χ0n) is 13.7. The van der Waals surface area contributed by atoms with Crippen LogP contribution in [-0.4, -0.2) is 50.1 Å². The first-order valence-corrected chi connectivity index (χ1v) is 8.53. The summed E-state index contributed by atoms with van der Waals surface area (Å²) >= 11 is 0. The Bertz CT molecular complexity index is 730. The van der Waals surface area contributed by atoms with E-state index in [0.717, 1.165) is 31.5 Å². The van der Waals surface area contributed by atoms with Gasteiger partial charge in [-0.25, -0.2) is 0 Å². The number of aromatic nitrogens is 4. The number of nitrogens with two attached hydrogens (primary N) is 1. The molecular weight excluding hydrogens is 304 g/mol. The minimum Gasteiger partial charge on any atom is -0.340 e. The molecule has 2 heterocycles. The number of rotatable bonds is 3. The smallest absolute Gasteiger partial charge is 0.249 e. The second kappa shape index (κ2) is 5.98. The summed E-state index contributed by atoms with van der Waals surface area (Å²) in [7, 11) is 0.